The number of fused-ring (bicyclic) bond motifs is 3. The van der Waals surface area contributed by atoms with E-state index in [1.165, 1.54) is 0 Å². The molecular formula is C29H30ClN7O2. The average Bonchev–Trinajstić information content (AvgIpc) is 3.45. The van der Waals surface area contributed by atoms with Crippen LogP contribution in [0.3, 0.4) is 0 Å². The summed E-state index contributed by atoms with van der Waals surface area (Å²) in [4.78, 5) is 36.6. The highest BCUT2D eigenvalue weighted by Crippen LogP contribution is 2.48. The third-order valence-electron chi connectivity index (χ3n) is 7.86. The normalized spacial score (nSPS) is 21.0. The number of nitrogens with one attached hydrogen (secondary N) is 1. The smallest absolute Gasteiger partial charge is 0.254 e. The summed E-state index contributed by atoms with van der Waals surface area (Å²) in [5, 5.41) is 14.2. The summed E-state index contributed by atoms with van der Waals surface area (Å²) in [5.74, 6) is -0.344. The maximum Gasteiger partial charge on any atom is 0.254 e. The van der Waals surface area contributed by atoms with Gasteiger partial charge in [0.2, 0.25) is 5.91 Å². The zero-order chi connectivity index (χ0) is 27.3. The number of aromatic nitrogens is 4. The van der Waals surface area contributed by atoms with Crippen molar-refractivity contribution in [3.05, 3.63) is 82.9 Å². The number of carbonyl (C=O) groups is 2. The Morgan fingerprint density at radius 2 is 1.97 bits per heavy atom. The summed E-state index contributed by atoms with van der Waals surface area (Å²) in [6.45, 7) is 5.72. The molecular weight excluding hydrogens is 514 g/mol. The monoisotopic (exact) mass is 543 g/mol. The molecule has 200 valence electrons. The molecule has 0 aliphatic carbocycles. The number of hydrogen-bond donors (Lipinski definition) is 1. The lowest BCUT2D eigenvalue weighted by Gasteiger charge is -2.43. The van der Waals surface area contributed by atoms with Gasteiger partial charge in [-0.25, -0.2) is 0 Å². The van der Waals surface area contributed by atoms with Gasteiger partial charge >= 0.3 is 0 Å². The maximum absolute atomic E-state index is 14.8. The standard InChI is InChI=1S/C29H30ClN7O2/c1-18(2)32-12-20-14-37(26-13-31-11-19-6-4-5-7-23(19)26)28(39)29(20)17-36(16-22-15-35(3)34-33-22)27(38)24-9-8-21(30)10-25(24)29/h4-11,13,15,18,20,32H,12,14,16-17H2,1-3H3/t20-,29+/m1/s1. The highest BCUT2D eigenvalue weighted by molar-refractivity contribution is 6.31. The molecule has 0 saturated carbocycles. The first kappa shape index (κ1) is 25.5. The number of halogens is 1. The number of carbonyl (C=O) groups excluding carboxylic acids is 2. The van der Waals surface area contributed by atoms with Crippen molar-refractivity contribution in [3.63, 3.8) is 0 Å². The van der Waals surface area contributed by atoms with Crippen molar-refractivity contribution in [1.82, 2.24) is 30.2 Å². The molecule has 10 heteroatoms. The SMILES string of the molecule is CC(C)NC[C@@H]1CN(c2cncc3ccccc23)C(=O)[C@@]12CN(Cc1cn(C)nn1)C(=O)c1ccc(Cl)cc12. The van der Waals surface area contributed by atoms with Crippen molar-refractivity contribution in [2.45, 2.75) is 31.8 Å². The number of anilines is 1. The number of aryl methyl sites for hydroxylation is 1. The molecule has 1 saturated heterocycles. The highest BCUT2D eigenvalue weighted by atomic mass is 35.5. The Morgan fingerprint density at radius 1 is 1.15 bits per heavy atom. The first-order chi connectivity index (χ1) is 18.8. The summed E-state index contributed by atoms with van der Waals surface area (Å²) in [6.07, 6.45) is 5.36. The van der Waals surface area contributed by atoms with Gasteiger partial charge in [0.05, 0.1) is 23.8 Å². The topological polar surface area (TPSA) is 96.2 Å². The lowest BCUT2D eigenvalue weighted by molar-refractivity contribution is -0.123. The molecule has 0 radical (unpaired) electrons. The summed E-state index contributed by atoms with van der Waals surface area (Å²) in [6, 6.07) is 13.4. The molecule has 2 aliphatic rings. The van der Waals surface area contributed by atoms with Crippen molar-refractivity contribution < 1.29 is 9.59 Å². The molecule has 9 nitrogen and oxygen atoms in total. The number of amides is 2. The Hall–Kier alpha value is -3.82. The first-order valence-corrected chi connectivity index (χ1v) is 13.5. The lowest BCUT2D eigenvalue weighted by atomic mass is 9.67. The Bertz CT molecular complexity index is 1580. The second kappa shape index (κ2) is 9.73. The quantitative estimate of drug-likeness (QED) is 0.399. The van der Waals surface area contributed by atoms with Gasteiger partial charge < -0.3 is 15.1 Å². The van der Waals surface area contributed by atoms with E-state index in [0.717, 1.165) is 16.5 Å². The van der Waals surface area contributed by atoms with Crippen LogP contribution in [0.1, 0.15) is 35.5 Å². The predicted octanol–water partition coefficient (Wildman–Crippen LogP) is 3.57. The summed E-state index contributed by atoms with van der Waals surface area (Å²) >= 11 is 6.51. The van der Waals surface area contributed by atoms with Crippen molar-refractivity contribution in [3.8, 4) is 0 Å². The number of hydrogen-bond acceptors (Lipinski definition) is 6. The number of nitrogens with zero attached hydrogens (tertiary/aromatic N) is 6. The largest absolute Gasteiger partial charge is 0.331 e. The molecule has 0 bridgehead atoms. The first-order valence-electron chi connectivity index (χ1n) is 13.1. The van der Waals surface area contributed by atoms with Crippen molar-refractivity contribution >= 4 is 39.9 Å². The summed E-state index contributed by atoms with van der Waals surface area (Å²) in [7, 11) is 1.79. The number of pyridine rings is 1. The molecule has 2 amide bonds. The van der Waals surface area contributed by atoms with Crippen LogP contribution in [0, 0.1) is 5.92 Å². The second-order valence-electron chi connectivity index (χ2n) is 10.8. The fourth-order valence-electron chi connectivity index (χ4n) is 6.04. The number of rotatable bonds is 6. The van der Waals surface area contributed by atoms with E-state index in [4.69, 9.17) is 11.6 Å². The van der Waals surface area contributed by atoms with Gasteiger partial charge in [-0.3, -0.25) is 19.3 Å². The van der Waals surface area contributed by atoms with Crippen LogP contribution in [-0.2, 0) is 23.8 Å². The fourth-order valence-corrected chi connectivity index (χ4v) is 6.21. The Morgan fingerprint density at radius 3 is 2.74 bits per heavy atom. The fraction of sp³-hybridized carbons (Fsp3) is 0.345. The molecule has 4 heterocycles. The van der Waals surface area contributed by atoms with Crippen LogP contribution in [0.15, 0.2) is 61.1 Å². The molecule has 2 aromatic heterocycles. The molecule has 0 unspecified atom stereocenters. The van der Waals surface area contributed by atoms with E-state index in [2.05, 4.69) is 34.5 Å². The lowest BCUT2D eigenvalue weighted by Crippen LogP contribution is -2.57. The van der Waals surface area contributed by atoms with Crippen LogP contribution < -0.4 is 10.2 Å². The van der Waals surface area contributed by atoms with Crippen LogP contribution >= 0.6 is 11.6 Å². The van der Waals surface area contributed by atoms with Gasteiger partial charge in [0, 0.05) is 72.4 Å². The highest BCUT2D eigenvalue weighted by Gasteiger charge is 2.59. The van der Waals surface area contributed by atoms with E-state index in [-0.39, 0.29) is 36.9 Å². The van der Waals surface area contributed by atoms with Gasteiger partial charge in [-0.05, 0) is 23.8 Å². The third-order valence-corrected chi connectivity index (χ3v) is 8.10. The Balaban J connectivity index is 1.51. The second-order valence-corrected chi connectivity index (χ2v) is 11.2. The zero-order valence-electron chi connectivity index (χ0n) is 22.1. The minimum Gasteiger partial charge on any atom is -0.331 e. The van der Waals surface area contributed by atoms with E-state index in [0.29, 0.717) is 34.9 Å². The van der Waals surface area contributed by atoms with Crippen LogP contribution in [0.25, 0.3) is 10.8 Å². The molecule has 1 spiro atoms. The molecule has 2 atom stereocenters. The van der Waals surface area contributed by atoms with Crippen LogP contribution in [-0.4, -0.2) is 62.4 Å². The molecule has 39 heavy (non-hydrogen) atoms. The summed E-state index contributed by atoms with van der Waals surface area (Å²) in [5.41, 5.74) is 1.61. The predicted molar refractivity (Wildman–Crippen MR) is 150 cm³/mol. The molecule has 2 aliphatic heterocycles. The van der Waals surface area contributed by atoms with E-state index in [9.17, 15) is 9.59 Å². The van der Waals surface area contributed by atoms with Gasteiger partial charge in [-0.1, -0.05) is 54.9 Å². The molecule has 1 fully saturated rings. The number of benzene rings is 2. The molecule has 1 N–H and O–H groups in total. The van der Waals surface area contributed by atoms with E-state index >= 15 is 0 Å². The summed E-state index contributed by atoms with van der Waals surface area (Å²) < 4.78 is 1.61. The minimum absolute atomic E-state index is 0.0589. The van der Waals surface area contributed by atoms with Crippen molar-refractivity contribution in [2.24, 2.45) is 13.0 Å². The van der Waals surface area contributed by atoms with Crippen LogP contribution in [0.4, 0.5) is 5.69 Å². The Kier molecular flexibility index (Phi) is 6.35. The van der Waals surface area contributed by atoms with E-state index in [1.54, 1.807) is 47.2 Å². The maximum atomic E-state index is 14.8. The molecule has 2 aromatic carbocycles. The van der Waals surface area contributed by atoms with Gasteiger partial charge in [-0.2, -0.15) is 0 Å². The van der Waals surface area contributed by atoms with Gasteiger partial charge in [0.15, 0.2) is 0 Å². The van der Waals surface area contributed by atoms with Crippen molar-refractivity contribution in [2.75, 3.05) is 24.5 Å². The van der Waals surface area contributed by atoms with E-state index < -0.39 is 5.41 Å². The molecule has 6 rings (SSSR count). The third kappa shape index (κ3) is 4.26. The van der Waals surface area contributed by atoms with E-state index in [1.807, 2.05) is 35.4 Å². The Labute approximate surface area is 231 Å². The van der Waals surface area contributed by atoms with Gasteiger partial charge in [-0.15, -0.1) is 5.10 Å². The zero-order valence-corrected chi connectivity index (χ0v) is 22.9. The van der Waals surface area contributed by atoms with Crippen LogP contribution in [0.2, 0.25) is 5.02 Å². The minimum atomic E-state index is -1.00. The van der Waals surface area contributed by atoms with Crippen LogP contribution in [0.5, 0.6) is 0 Å². The average molecular weight is 544 g/mol. The van der Waals surface area contributed by atoms with Gasteiger partial charge in [0.25, 0.3) is 5.91 Å². The van der Waals surface area contributed by atoms with Gasteiger partial charge in [0.1, 0.15) is 5.69 Å². The molecule has 4 aromatic rings. The van der Waals surface area contributed by atoms with Crippen molar-refractivity contribution in [1.29, 1.82) is 0 Å².